The molecule has 0 saturated heterocycles. The zero-order chi connectivity index (χ0) is 13.0. The quantitative estimate of drug-likeness (QED) is 0.853. The van der Waals surface area contributed by atoms with E-state index >= 15 is 0 Å². The van der Waals surface area contributed by atoms with Gasteiger partial charge in [-0.05, 0) is 22.4 Å². The molecule has 0 radical (unpaired) electrons. The van der Waals surface area contributed by atoms with Gasteiger partial charge in [0.15, 0.2) is 5.69 Å². The number of rotatable bonds is 6. The molecule has 0 spiro atoms. The molecular formula is C11H13N3O3S. The molecule has 2 heterocycles. The molecule has 0 saturated carbocycles. The van der Waals surface area contributed by atoms with Crippen LogP contribution in [0.2, 0.25) is 0 Å². The first kappa shape index (κ1) is 12.7. The van der Waals surface area contributed by atoms with Crippen molar-refractivity contribution in [2.75, 3.05) is 13.7 Å². The molecule has 96 valence electrons. The average Bonchev–Trinajstić information content (AvgIpc) is 2.96. The Morgan fingerprint density at radius 1 is 1.61 bits per heavy atom. The van der Waals surface area contributed by atoms with Gasteiger partial charge in [-0.3, -0.25) is 0 Å². The van der Waals surface area contributed by atoms with Crippen molar-refractivity contribution in [3.8, 4) is 0 Å². The van der Waals surface area contributed by atoms with E-state index in [9.17, 15) is 4.79 Å². The summed E-state index contributed by atoms with van der Waals surface area (Å²) in [7, 11) is 1.58. The topological polar surface area (TPSA) is 77.2 Å². The molecule has 0 aliphatic heterocycles. The van der Waals surface area contributed by atoms with E-state index in [0.29, 0.717) is 25.3 Å². The lowest BCUT2D eigenvalue weighted by Gasteiger charge is -2.05. The first-order valence-electron chi connectivity index (χ1n) is 5.38. The maximum atomic E-state index is 11.0. The Hall–Kier alpha value is -1.73. The Morgan fingerprint density at radius 2 is 2.44 bits per heavy atom. The molecule has 0 unspecified atom stereocenters. The van der Waals surface area contributed by atoms with Crippen LogP contribution in [0.5, 0.6) is 0 Å². The minimum Gasteiger partial charge on any atom is -0.476 e. The molecule has 0 atom stereocenters. The number of ether oxygens (including phenoxy) is 1. The van der Waals surface area contributed by atoms with Crippen LogP contribution in [0, 0.1) is 0 Å². The first-order chi connectivity index (χ1) is 8.72. The Morgan fingerprint density at radius 3 is 3.06 bits per heavy atom. The summed E-state index contributed by atoms with van der Waals surface area (Å²) >= 11 is 1.59. The third kappa shape index (κ3) is 2.74. The Labute approximate surface area is 108 Å². The number of nitrogens with zero attached hydrogens (tertiary/aromatic N) is 3. The fourth-order valence-electron chi connectivity index (χ4n) is 1.63. The first-order valence-corrected chi connectivity index (χ1v) is 6.32. The van der Waals surface area contributed by atoms with E-state index in [0.717, 1.165) is 5.56 Å². The van der Waals surface area contributed by atoms with Crippen LogP contribution in [-0.2, 0) is 17.7 Å². The molecule has 7 heteroatoms. The monoisotopic (exact) mass is 267 g/mol. The summed E-state index contributed by atoms with van der Waals surface area (Å²) in [4.78, 5) is 11.0. The number of hydrogen-bond donors (Lipinski definition) is 1. The highest BCUT2D eigenvalue weighted by molar-refractivity contribution is 7.07. The highest BCUT2D eigenvalue weighted by Gasteiger charge is 2.18. The van der Waals surface area contributed by atoms with Crippen molar-refractivity contribution in [3.05, 3.63) is 33.8 Å². The summed E-state index contributed by atoms with van der Waals surface area (Å²) in [6.45, 7) is 0.972. The zero-order valence-electron chi connectivity index (χ0n) is 9.87. The van der Waals surface area contributed by atoms with Crippen molar-refractivity contribution >= 4 is 17.3 Å². The number of aromatic nitrogens is 3. The van der Waals surface area contributed by atoms with E-state index in [-0.39, 0.29) is 5.69 Å². The third-order valence-corrected chi connectivity index (χ3v) is 3.23. The molecule has 0 aromatic carbocycles. The molecule has 6 nitrogen and oxygen atoms in total. The average molecular weight is 267 g/mol. The van der Waals surface area contributed by atoms with E-state index in [4.69, 9.17) is 9.84 Å². The van der Waals surface area contributed by atoms with Crippen molar-refractivity contribution in [1.29, 1.82) is 0 Å². The summed E-state index contributed by atoms with van der Waals surface area (Å²) < 4.78 is 6.60. The minimum atomic E-state index is -1.06. The van der Waals surface area contributed by atoms with Crippen molar-refractivity contribution in [2.24, 2.45) is 0 Å². The standard InChI is InChI=1S/C11H13N3O3S/c1-17-4-2-9-10(11(15)16)12-13-14(9)6-8-3-5-18-7-8/h3,5,7H,2,4,6H2,1H3,(H,15,16). The fourth-order valence-corrected chi connectivity index (χ4v) is 2.29. The molecular weight excluding hydrogens is 254 g/mol. The van der Waals surface area contributed by atoms with Gasteiger partial charge in [-0.2, -0.15) is 11.3 Å². The van der Waals surface area contributed by atoms with Gasteiger partial charge in [0.05, 0.1) is 18.8 Å². The van der Waals surface area contributed by atoms with Crippen LogP contribution in [-0.4, -0.2) is 39.8 Å². The van der Waals surface area contributed by atoms with Crippen LogP contribution in [0.15, 0.2) is 16.8 Å². The van der Waals surface area contributed by atoms with E-state index in [1.54, 1.807) is 23.1 Å². The van der Waals surface area contributed by atoms with Crippen LogP contribution in [0.4, 0.5) is 0 Å². The van der Waals surface area contributed by atoms with Crippen LogP contribution >= 0.6 is 11.3 Å². The van der Waals surface area contributed by atoms with E-state index < -0.39 is 5.97 Å². The van der Waals surface area contributed by atoms with Crippen LogP contribution in [0.3, 0.4) is 0 Å². The van der Waals surface area contributed by atoms with Gasteiger partial charge in [0.2, 0.25) is 0 Å². The summed E-state index contributed by atoms with van der Waals surface area (Å²) in [6.07, 6.45) is 0.481. The molecule has 0 amide bonds. The smallest absolute Gasteiger partial charge is 0.358 e. The van der Waals surface area contributed by atoms with Gasteiger partial charge in [0.25, 0.3) is 0 Å². The lowest BCUT2D eigenvalue weighted by molar-refractivity contribution is 0.0688. The molecule has 2 aromatic rings. The van der Waals surface area contributed by atoms with E-state index in [1.807, 2.05) is 16.8 Å². The molecule has 18 heavy (non-hydrogen) atoms. The maximum absolute atomic E-state index is 11.0. The van der Waals surface area contributed by atoms with Crippen molar-refractivity contribution in [1.82, 2.24) is 15.0 Å². The van der Waals surface area contributed by atoms with Crippen molar-refractivity contribution < 1.29 is 14.6 Å². The molecule has 0 aliphatic carbocycles. The maximum Gasteiger partial charge on any atom is 0.358 e. The molecule has 0 aliphatic rings. The lowest BCUT2D eigenvalue weighted by atomic mass is 10.2. The normalized spacial score (nSPS) is 10.7. The second-order valence-electron chi connectivity index (χ2n) is 3.72. The van der Waals surface area contributed by atoms with Crippen LogP contribution in [0.25, 0.3) is 0 Å². The van der Waals surface area contributed by atoms with E-state index in [2.05, 4.69) is 10.3 Å². The number of carboxylic acid groups (broad SMARTS) is 1. The highest BCUT2D eigenvalue weighted by Crippen LogP contribution is 2.12. The minimum absolute atomic E-state index is 0.00211. The number of thiophene rings is 1. The number of aromatic carboxylic acids is 1. The van der Waals surface area contributed by atoms with Gasteiger partial charge in [-0.25, -0.2) is 9.48 Å². The van der Waals surface area contributed by atoms with Crippen LogP contribution < -0.4 is 0 Å². The summed E-state index contributed by atoms with van der Waals surface area (Å²) in [5.41, 5.74) is 1.68. The Bertz CT molecular complexity index is 522. The Kier molecular flexibility index (Phi) is 4.06. The highest BCUT2D eigenvalue weighted by atomic mass is 32.1. The lowest BCUT2D eigenvalue weighted by Crippen LogP contribution is -2.11. The second kappa shape index (κ2) is 5.74. The van der Waals surface area contributed by atoms with Crippen LogP contribution in [0.1, 0.15) is 21.7 Å². The van der Waals surface area contributed by atoms with Gasteiger partial charge in [0.1, 0.15) is 0 Å². The number of hydrogen-bond acceptors (Lipinski definition) is 5. The van der Waals surface area contributed by atoms with Gasteiger partial charge in [-0.15, -0.1) is 5.10 Å². The molecule has 0 bridgehead atoms. The molecule has 2 aromatic heterocycles. The van der Waals surface area contributed by atoms with Gasteiger partial charge < -0.3 is 9.84 Å². The fraction of sp³-hybridized carbons (Fsp3) is 0.364. The summed E-state index contributed by atoms with van der Waals surface area (Å²) in [6, 6.07) is 1.98. The largest absolute Gasteiger partial charge is 0.476 e. The van der Waals surface area contributed by atoms with Crippen molar-refractivity contribution in [3.63, 3.8) is 0 Å². The third-order valence-electron chi connectivity index (χ3n) is 2.50. The zero-order valence-corrected chi connectivity index (χ0v) is 10.7. The van der Waals surface area contributed by atoms with Gasteiger partial charge >= 0.3 is 5.97 Å². The second-order valence-corrected chi connectivity index (χ2v) is 4.50. The summed E-state index contributed by atoms with van der Waals surface area (Å²) in [5, 5.41) is 20.6. The van der Waals surface area contributed by atoms with Crippen molar-refractivity contribution in [2.45, 2.75) is 13.0 Å². The summed E-state index contributed by atoms with van der Waals surface area (Å²) in [5.74, 6) is -1.06. The number of carboxylic acids is 1. The Balaban J connectivity index is 2.25. The number of carbonyl (C=O) groups is 1. The predicted molar refractivity (Wildman–Crippen MR) is 66.0 cm³/mol. The number of methoxy groups -OCH3 is 1. The van der Waals surface area contributed by atoms with Gasteiger partial charge in [-0.1, -0.05) is 5.21 Å². The van der Waals surface area contributed by atoms with E-state index in [1.165, 1.54) is 0 Å². The molecule has 1 N–H and O–H groups in total. The van der Waals surface area contributed by atoms with Gasteiger partial charge in [0, 0.05) is 13.5 Å². The molecule has 0 fully saturated rings. The predicted octanol–water partition coefficient (Wildman–Crippen LogP) is 1.27. The molecule has 2 rings (SSSR count). The SMILES string of the molecule is COCCc1c(C(=O)O)nnn1Cc1ccsc1.